The standard InChI is InChI=1S/C21H32F3N5O.HI/c1-25-20(27-16-9-12-28(14-16)15-21(22,23)24)26-13-18(29-10-5-6-11-29)17-7-3-4-8-19(17)30-2;/h3-4,7-8,16,18H,5-6,9-15H2,1-2H3,(H2,25,26,27);1H. The molecule has 2 saturated heterocycles. The summed E-state index contributed by atoms with van der Waals surface area (Å²) in [6.45, 7) is 2.64. The van der Waals surface area contributed by atoms with Crippen LogP contribution in [0.5, 0.6) is 5.75 Å². The van der Waals surface area contributed by atoms with Gasteiger partial charge in [0.1, 0.15) is 5.75 Å². The first-order chi connectivity index (χ1) is 14.4. The van der Waals surface area contributed by atoms with E-state index >= 15 is 0 Å². The predicted molar refractivity (Wildman–Crippen MR) is 127 cm³/mol. The van der Waals surface area contributed by atoms with E-state index in [1.165, 1.54) is 17.7 Å². The number of methoxy groups -OCH3 is 1. The Morgan fingerprint density at radius 2 is 1.94 bits per heavy atom. The minimum Gasteiger partial charge on any atom is -0.496 e. The number of nitrogens with zero attached hydrogens (tertiary/aromatic N) is 3. The summed E-state index contributed by atoms with van der Waals surface area (Å²) in [5.74, 6) is 1.48. The van der Waals surface area contributed by atoms with Crippen molar-refractivity contribution in [2.45, 2.75) is 37.5 Å². The zero-order valence-electron chi connectivity index (χ0n) is 18.1. The molecule has 1 aromatic rings. The Morgan fingerprint density at radius 1 is 1.23 bits per heavy atom. The molecule has 31 heavy (non-hydrogen) atoms. The number of rotatable bonds is 7. The first-order valence-electron chi connectivity index (χ1n) is 10.5. The van der Waals surface area contributed by atoms with Crippen LogP contribution in [0.4, 0.5) is 13.2 Å². The van der Waals surface area contributed by atoms with Gasteiger partial charge in [-0.15, -0.1) is 24.0 Å². The molecule has 0 spiro atoms. The average molecular weight is 555 g/mol. The van der Waals surface area contributed by atoms with E-state index < -0.39 is 12.7 Å². The zero-order valence-corrected chi connectivity index (χ0v) is 20.5. The summed E-state index contributed by atoms with van der Waals surface area (Å²) in [6, 6.07) is 8.12. The highest BCUT2D eigenvalue weighted by Gasteiger charge is 2.34. The summed E-state index contributed by atoms with van der Waals surface area (Å²) in [6.07, 6.45) is -1.14. The lowest BCUT2D eigenvalue weighted by atomic mass is 10.0. The Hall–Kier alpha value is -1.27. The third-order valence-electron chi connectivity index (χ3n) is 5.78. The molecule has 6 nitrogen and oxygen atoms in total. The van der Waals surface area contributed by atoms with Gasteiger partial charge in [-0.2, -0.15) is 13.2 Å². The number of aliphatic imine (C=N–C) groups is 1. The van der Waals surface area contributed by atoms with E-state index in [1.807, 2.05) is 18.2 Å². The van der Waals surface area contributed by atoms with E-state index in [4.69, 9.17) is 4.74 Å². The van der Waals surface area contributed by atoms with Gasteiger partial charge in [0.15, 0.2) is 5.96 Å². The highest BCUT2D eigenvalue weighted by atomic mass is 127. The van der Waals surface area contributed by atoms with Gasteiger partial charge in [-0.25, -0.2) is 0 Å². The molecule has 10 heteroatoms. The van der Waals surface area contributed by atoms with Crippen LogP contribution in [-0.2, 0) is 0 Å². The first-order valence-corrected chi connectivity index (χ1v) is 10.5. The molecule has 0 radical (unpaired) electrons. The van der Waals surface area contributed by atoms with E-state index in [0.717, 1.165) is 24.4 Å². The molecule has 2 aliphatic rings. The van der Waals surface area contributed by atoms with Crippen molar-refractivity contribution in [2.75, 3.05) is 53.4 Å². The third-order valence-corrected chi connectivity index (χ3v) is 5.78. The number of ether oxygens (including phenoxy) is 1. The number of hydrogen-bond donors (Lipinski definition) is 2. The van der Waals surface area contributed by atoms with E-state index in [-0.39, 0.29) is 36.1 Å². The average Bonchev–Trinajstić information content (AvgIpc) is 3.38. The van der Waals surface area contributed by atoms with E-state index in [9.17, 15) is 13.2 Å². The van der Waals surface area contributed by atoms with Crippen molar-refractivity contribution in [1.82, 2.24) is 20.4 Å². The number of hydrogen-bond acceptors (Lipinski definition) is 4. The number of alkyl halides is 3. The molecule has 0 saturated carbocycles. The number of guanidine groups is 1. The lowest BCUT2D eigenvalue weighted by Crippen LogP contribution is -2.47. The minimum atomic E-state index is -4.16. The summed E-state index contributed by atoms with van der Waals surface area (Å²) in [7, 11) is 3.37. The number of para-hydroxylation sites is 1. The normalized spacial score (nSPS) is 21.6. The van der Waals surface area contributed by atoms with Crippen molar-refractivity contribution in [2.24, 2.45) is 4.99 Å². The number of likely N-dealkylation sites (tertiary alicyclic amines) is 2. The van der Waals surface area contributed by atoms with Crippen LogP contribution in [0.25, 0.3) is 0 Å². The van der Waals surface area contributed by atoms with Crippen LogP contribution < -0.4 is 15.4 Å². The second-order valence-electron chi connectivity index (χ2n) is 7.93. The van der Waals surface area contributed by atoms with Gasteiger partial charge in [0.05, 0.1) is 19.7 Å². The van der Waals surface area contributed by atoms with E-state index in [1.54, 1.807) is 14.2 Å². The highest BCUT2D eigenvalue weighted by Crippen LogP contribution is 2.31. The fourth-order valence-corrected chi connectivity index (χ4v) is 4.36. The lowest BCUT2D eigenvalue weighted by molar-refractivity contribution is -0.143. The van der Waals surface area contributed by atoms with Crippen molar-refractivity contribution in [3.63, 3.8) is 0 Å². The van der Waals surface area contributed by atoms with Crippen molar-refractivity contribution < 1.29 is 17.9 Å². The van der Waals surface area contributed by atoms with Crippen LogP contribution in [0.3, 0.4) is 0 Å². The predicted octanol–water partition coefficient (Wildman–Crippen LogP) is 3.25. The molecule has 2 aliphatic heterocycles. The van der Waals surface area contributed by atoms with Crippen molar-refractivity contribution in [3.05, 3.63) is 29.8 Å². The maximum absolute atomic E-state index is 12.6. The Bertz CT molecular complexity index is 713. The van der Waals surface area contributed by atoms with Crippen LogP contribution >= 0.6 is 24.0 Å². The topological polar surface area (TPSA) is 52.1 Å². The molecule has 3 rings (SSSR count). The molecule has 0 bridgehead atoms. The Balaban J connectivity index is 0.00000341. The Morgan fingerprint density at radius 3 is 2.58 bits per heavy atom. The van der Waals surface area contributed by atoms with Crippen molar-refractivity contribution in [3.8, 4) is 5.75 Å². The Kier molecular flexibility index (Phi) is 10.1. The molecule has 2 atom stereocenters. The molecule has 0 aliphatic carbocycles. The van der Waals surface area contributed by atoms with Crippen molar-refractivity contribution >= 4 is 29.9 Å². The summed E-state index contributed by atoms with van der Waals surface area (Å²) in [4.78, 5) is 8.17. The second-order valence-corrected chi connectivity index (χ2v) is 7.93. The van der Waals surface area contributed by atoms with Crippen molar-refractivity contribution in [1.29, 1.82) is 0 Å². The third kappa shape index (κ3) is 7.67. The summed E-state index contributed by atoms with van der Waals surface area (Å²) >= 11 is 0. The molecule has 2 N–H and O–H groups in total. The maximum atomic E-state index is 12.6. The van der Waals surface area contributed by atoms with Gasteiger partial charge in [0.2, 0.25) is 0 Å². The molecule has 2 unspecified atom stereocenters. The largest absolute Gasteiger partial charge is 0.496 e. The van der Waals surface area contributed by atoms with Crippen LogP contribution in [-0.4, -0.2) is 81.4 Å². The SMILES string of the molecule is CN=C(NCC(c1ccccc1OC)N1CCCC1)NC1CCN(CC(F)(F)F)C1.I. The molecule has 0 aromatic heterocycles. The zero-order chi connectivity index (χ0) is 21.6. The molecule has 1 aromatic carbocycles. The quantitative estimate of drug-likeness (QED) is 0.308. The van der Waals surface area contributed by atoms with Crippen LogP contribution in [0, 0.1) is 0 Å². The number of benzene rings is 1. The number of halogens is 4. The smallest absolute Gasteiger partial charge is 0.401 e. The van der Waals surface area contributed by atoms with Gasteiger partial charge in [-0.3, -0.25) is 14.8 Å². The molecular formula is C21H33F3IN5O. The minimum absolute atomic E-state index is 0. The van der Waals surface area contributed by atoms with Gasteiger partial charge < -0.3 is 15.4 Å². The van der Waals surface area contributed by atoms with E-state index in [2.05, 4.69) is 26.6 Å². The fraction of sp³-hybridized carbons (Fsp3) is 0.667. The van der Waals surface area contributed by atoms with Gasteiger partial charge in [-0.05, 0) is 38.4 Å². The molecule has 2 fully saturated rings. The summed E-state index contributed by atoms with van der Waals surface area (Å²) < 4.78 is 43.5. The number of nitrogens with one attached hydrogen (secondary N) is 2. The monoisotopic (exact) mass is 555 g/mol. The van der Waals surface area contributed by atoms with E-state index in [0.29, 0.717) is 32.0 Å². The summed E-state index contributed by atoms with van der Waals surface area (Å²) in [5.41, 5.74) is 1.13. The molecule has 2 heterocycles. The van der Waals surface area contributed by atoms with Gasteiger partial charge in [0.25, 0.3) is 0 Å². The molecule has 176 valence electrons. The fourth-order valence-electron chi connectivity index (χ4n) is 4.36. The highest BCUT2D eigenvalue weighted by molar-refractivity contribution is 14.0. The maximum Gasteiger partial charge on any atom is 0.401 e. The molecular weight excluding hydrogens is 522 g/mol. The molecule has 0 amide bonds. The first kappa shape index (κ1) is 26.0. The van der Waals surface area contributed by atoms with Gasteiger partial charge >= 0.3 is 6.18 Å². The Labute approximate surface area is 199 Å². The van der Waals surface area contributed by atoms with Crippen LogP contribution in [0.1, 0.15) is 30.9 Å². The van der Waals surface area contributed by atoms with Gasteiger partial charge in [0, 0.05) is 38.3 Å². The lowest BCUT2D eigenvalue weighted by Gasteiger charge is -2.30. The second kappa shape index (κ2) is 12.1. The van der Waals surface area contributed by atoms with Gasteiger partial charge in [-0.1, -0.05) is 18.2 Å². The van der Waals surface area contributed by atoms with Crippen LogP contribution in [0.15, 0.2) is 29.3 Å². The summed E-state index contributed by atoms with van der Waals surface area (Å²) in [5, 5.41) is 6.67. The van der Waals surface area contributed by atoms with Crippen LogP contribution in [0.2, 0.25) is 0 Å².